The van der Waals surface area contributed by atoms with Crippen LogP contribution >= 0.6 is 0 Å². The van der Waals surface area contributed by atoms with Gasteiger partial charge in [0.15, 0.2) is 0 Å². The van der Waals surface area contributed by atoms with Crippen molar-refractivity contribution in [2.24, 2.45) is 0 Å². The van der Waals surface area contributed by atoms with Crippen molar-refractivity contribution in [2.45, 2.75) is 170 Å². The Balaban J connectivity index is 8.28. The molecule has 0 bridgehead atoms. The van der Waals surface area contributed by atoms with Gasteiger partial charge in [-0.15, -0.1) is 0 Å². The third-order valence-electron chi connectivity index (χ3n) is 8.21. The first kappa shape index (κ1) is 55.1. The van der Waals surface area contributed by atoms with Crippen molar-refractivity contribution in [3.8, 4) is 0 Å². The normalized spacial score (nSPS) is 14.9. The molecular formula is C30H46F20O3Sn2. The van der Waals surface area contributed by atoms with Gasteiger partial charge in [-0.25, -0.2) is 0 Å². The van der Waals surface area contributed by atoms with Crippen LogP contribution < -0.4 is 0 Å². The number of rotatable bonds is 28. The zero-order chi connectivity index (χ0) is 43.3. The Hall–Kier alpha value is 0.0774. The third-order valence-corrected chi connectivity index (χ3v) is 38.2. The molecule has 332 valence electrons. The summed E-state index contributed by atoms with van der Waals surface area (Å²) in [6, 6.07) is 0. The Kier molecular flexibility index (Phi) is 22.1. The Bertz CT molecular complexity index is 936. The fourth-order valence-electron chi connectivity index (χ4n) is 5.21. The van der Waals surface area contributed by atoms with E-state index in [4.69, 9.17) is 0 Å². The second kappa shape index (κ2) is 22.1. The van der Waals surface area contributed by atoms with Crippen LogP contribution in [0.15, 0.2) is 0 Å². The van der Waals surface area contributed by atoms with Gasteiger partial charge >= 0.3 is 317 Å². The van der Waals surface area contributed by atoms with Crippen LogP contribution in [0.4, 0.5) is 87.8 Å². The van der Waals surface area contributed by atoms with E-state index in [1.807, 2.05) is 0 Å². The molecule has 0 amide bonds. The van der Waals surface area contributed by atoms with Crippen LogP contribution in [0.5, 0.6) is 0 Å². The molecule has 3 nitrogen and oxygen atoms in total. The van der Waals surface area contributed by atoms with Crippen molar-refractivity contribution in [1.29, 1.82) is 0 Å². The number of hydrogen-bond acceptors (Lipinski definition) is 3. The number of alkyl halides is 20. The van der Waals surface area contributed by atoms with Gasteiger partial charge in [0.1, 0.15) is 0 Å². The monoisotopic (exact) mass is 1070 g/mol. The van der Waals surface area contributed by atoms with Gasteiger partial charge in [0.05, 0.1) is 0 Å². The van der Waals surface area contributed by atoms with E-state index in [9.17, 15) is 52.7 Å². The maximum absolute atomic E-state index is 16.3. The molecule has 0 heterocycles. The van der Waals surface area contributed by atoms with Gasteiger partial charge in [-0.2, -0.15) is 0 Å². The molecule has 0 fully saturated rings. The van der Waals surface area contributed by atoms with E-state index in [2.05, 4.69) is 7.56 Å². The molecule has 0 aromatic carbocycles. The standard InChI is InChI=1S/2C7H15O.4C4H4F5.O.2Sn/c2*1-2-3-4-5-6-7-8;4*5-3(6)1-2-4(7,8)9;;;/h2*2-7H2,1H3;4*1-2H2;;;/q2*-1;;;;;;2*+1. The maximum atomic E-state index is 16.3. The minimum absolute atomic E-state index is 0.149. The second-order valence-corrected chi connectivity index (χ2v) is 34.7. The molecule has 0 aliphatic carbocycles. The fourth-order valence-corrected chi connectivity index (χ4v) is 43.0. The van der Waals surface area contributed by atoms with E-state index < -0.39 is 156 Å². The molecule has 0 atom stereocenters. The number of halogens is 20. The summed E-state index contributed by atoms with van der Waals surface area (Å²) in [4.78, 5) is 0. The molecule has 25 heteroatoms. The van der Waals surface area contributed by atoms with Crippen LogP contribution in [0.25, 0.3) is 0 Å². The van der Waals surface area contributed by atoms with Crippen LogP contribution in [-0.4, -0.2) is 92.1 Å². The molecule has 0 aromatic rings. The molecule has 0 N–H and O–H groups in total. The Morgan fingerprint density at radius 1 is 0.309 bits per heavy atom. The summed E-state index contributed by atoms with van der Waals surface area (Å²) in [7, 11) is 0. The molecule has 0 unspecified atom stereocenters. The van der Waals surface area contributed by atoms with Crippen LogP contribution in [0.1, 0.15) is 129 Å². The topological polar surface area (TPSA) is 27.7 Å². The average molecular weight is 1070 g/mol. The first-order valence-corrected chi connectivity index (χ1v) is 27.8. The molecule has 0 aliphatic rings. The Morgan fingerprint density at radius 2 is 0.527 bits per heavy atom. The summed E-state index contributed by atoms with van der Waals surface area (Å²) >= 11 is -19.0. The van der Waals surface area contributed by atoms with E-state index in [0.717, 1.165) is 0 Å². The summed E-state index contributed by atoms with van der Waals surface area (Å²) < 4.78 is 279. The van der Waals surface area contributed by atoms with Crippen LogP contribution in [0.3, 0.4) is 0 Å². The fraction of sp³-hybridized carbons (Fsp3) is 1.00. The molecule has 0 rings (SSSR count). The predicted octanol–water partition coefficient (Wildman–Crippen LogP) is 13.9. The molecule has 0 spiro atoms. The second-order valence-electron chi connectivity index (χ2n) is 13.1. The van der Waals surface area contributed by atoms with Gasteiger partial charge in [0.25, 0.3) is 0 Å². The summed E-state index contributed by atoms with van der Waals surface area (Å²) in [6.07, 6.45) is -45.2. The van der Waals surface area contributed by atoms with Crippen molar-refractivity contribution in [3.63, 3.8) is 0 Å². The molecule has 0 radical (unpaired) electrons. The van der Waals surface area contributed by atoms with Crippen molar-refractivity contribution in [1.82, 2.24) is 0 Å². The zero-order valence-electron chi connectivity index (χ0n) is 29.9. The first-order chi connectivity index (χ1) is 24.7. The van der Waals surface area contributed by atoms with Crippen LogP contribution in [0.2, 0.25) is 0 Å². The number of unbranched alkanes of at least 4 members (excludes halogenated alkanes) is 8. The molecule has 0 aliphatic heterocycles. The van der Waals surface area contributed by atoms with Gasteiger partial charge in [-0.05, 0) is 0 Å². The SMILES string of the molecule is CCCCCCC[O][Sn]([O][Sn]([O]CCCCCCC)([C](F)(F)CCC(F)(F)F)[C](F)(F)CCC(F)(F)F)([C](F)(F)CCC(F)(F)F)[C](F)(F)CCC(F)(F)F. The van der Waals surface area contributed by atoms with Crippen LogP contribution in [-0.2, 0) is 7.56 Å². The van der Waals surface area contributed by atoms with E-state index >= 15 is 35.1 Å². The van der Waals surface area contributed by atoms with E-state index in [1.54, 1.807) is 13.8 Å². The molecule has 0 saturated carbocycles. The summed E-state index contributed by atoms with van der Waals surface area (Å²) in [6.45, 7) is 0.236. The summed E-state index contributed by atoms with van der Waals surface area (Å²) in [5, 5.41) is 0. The van der Waals surface area contributed by atoms with E-state index in [1.165, 1.54) is 0 Å². The molecule has 55 heavy (non-hydrogen) atoms. The summed E-state index contributed by atoms with van der Waals surface area (Å²) in [5.41, 5.74) is 0. The van der Waals surface area contributed by atoms with Gasteiger partial charge < -0.3 is 0 Å². The van der Waals surface area contributed by atoms with E-state index in [-0.39, 0.29) is 25.7 Å². The summed E-state index contributed by atoms with van der Waals surface area (Å²) in [5.74, 6) is 0. The third kappa shape index (κ3) is 18.9. The predicted molar refractivity (Wildman–Crippen MR) is 163 cm³/mol. The van der Waals surface area contributed by atoms with Gasteiger partial charge in [0.2, 0.25) is 0 Å². The van der Waals surface area contributed by atoms with Crippen LogP contribution in [0, 0.1) is 0 Å². The average Bonchev–Trinajstić information content (AvgIpc) is 3.01. The Morgan fingerprint density at radius 3 is 0.727 bits per heavy atom. The Labute approximate surface area is 315 Å². The minimum atomic E-state index is -9.52. The van der Waals surface area contributed by atoms with Gasteiger partial charge in [-0.1, -0.05) is 0 Å². The van der Waals surface area contributed by atoms with Gasteiger partial charge in [-0.3, -0.25) is 0 Å². The van der Waals surface area contributed by atoms with Crippen molar-refractivity contribution < 1.29 is 95.4 Å². The molecular weight excluding hydrogens is 1030 g/mol. The van der Waals surface area contributed by atoms with E-state index in [0.29, 0.717) is 25.7 Å². The first-order valence-electron chi connectivity index (χ1n) is 17.4. The van der Waals surface area contributed by atoms with Crippen molar-refractivity contribution >= 4 is 38.4 Å². The molecule has 0 saturated heterocycles. The van der Waals surface area contributed by atoms with Crippen molar-refractivity contribution in [2.75, 3.05) is 13.2 Å². The van der Waals surface area contributed by atoms with Gasteiger partial charge in [0, 0.05) is 0 Å². The zero-order valence-corrected chi connectivity index (χ0v) is 35.6. The molecule has 0 aromatic heterocycles. The quantitative estimate of drug-likeness (QED) is 0.0444. The van der Waals surface area contributed by atoms with Crippen molar-refractivity contribution in [3.05, 3.63) is 0 Å². The number of hydrogen-bond donors (Lipinski definition) is 0.